The van der Waals surface area contributed by atoms with Crippen LogP contribution in [0.25, 0.3) is 0 Å². The molecular weight excluding hydrogens is 268 g/mol. The Morgan fingerprint density at radius 1 is 0.773 bits per heavy atom. The molecule has 0 spiro atoms. The van der Waals surface area contributed by atoms with Crippen LogP contribution in [0.2, 0.25) is 0 Å². The van der Waals surface area contributed by atoms with Gasteiger partial charge in [0.1, 0.15) is 5.75 Å². The molecule has 0 bridgehead atoms. The molecule has 1 fully saturated rings. The van der Waals surface area contributed by atoms with E-state index in [1.807, 2.05) is 6.07 Å². The molecule has 0 atom stereocenters. The molecule has 1 heteroatoms. The monoisotopic (exact) mass is 294 g/mol. The van der Waals surface area contributed by atoms with E-state index in [0.717, 1.165) is 6.42 Å². The van der Waals surface area contributed by atoms with Crippen LogP contribution in [0.5, 0.6) is 5.75 Å². The van der Waals surface area contributed by atoms with Gasteiger partial charge in [-0.15, -0.1) is 0 Å². The maximum Gasteiger partial charge on any atom is 0.119 e. The average molecular weight is 294 g/mol. The summed E-state index contributed by atoms with van der Waals surface area (Å²) in [6.07, 6.45) is 10.1. The molecule has 1 aliphatic rings. The third-order valence-electron chi connectivity index (χ3n) is 4.89. The standard InChI is InChI=1S/C21H26O/c22-21-14-13-18(15-17-9-5-4-6-10-17)16-20(21)19-11-7-2-1-3-8-12-19/h4-6,9-10,13-14,16,19,22H,1-3,7-8,11-12,15H2. The van der Waals surface area contributed by atoms with Crippen molar-refractivity contribution in [1.82, 2.24) is 0 Å². The molecule has 0 saturated heterocycles. The van der Waals surface area contributed by atoms with Crippen molar-refractivity contribution in [3.8, 4) is 5.75 Å². The Morgan fingerprint density at radius 3 is 2.18 bits per heavy atom. The lowest BCUT2D eigenvalue weighted by molar-refractivity contribution is 0.424. The van der Waals surface area contributed by atoms with E-state index in [0.29, 0.717) is 11.7 Å². The van der Waals surface area contributed by atoms with E-state index in [1.165, 1.54) is 61.6 Å². The highest BCUT2D eigenvalue weighted by Crippen LogP contribution is 2.36. The van der Waals surface area contributed by atoms with Crippen molar-refractivity contribution in [3.05, 3.63) is 65.2 Å². The second kappa shape index (κ2) is 7.49. The van der Waals surface area contributed by atoms with Crippen LogP contribution < -0.4 is 0 Å². The van der Waals surface area contributed by atoms with Crippen LogP contribution in [0.3, 0.4) is 0 Å². The summed E-state index contributed by atoms with van der Waals surface area (Å²) in [5.74, 6) is 1.03. The molecule has 0 aromatic heterocycles. The lowest BCUT2D eigenvalue weighted by atomic mass is 9.84. The molecule has 0 amide bonds. The summed E-state index contributed by atoms with van der Waals surface area (Å²) in [5.41, 5.74) is 3.81. The first-order valence-electron chi connectivity index (χ1n) is 8.68. The third kappa shape index (κ3) is 3.91. The number of benzene rings is 2. The summed E-state index contributed by atoms with van der Waals surface area (Å²) in [6.45, 7) is 0. The number of hydrogen-bond acceptors (Lipinski definition) is 1. The lowest BCUT2D eigenvalue weighted by Gasteiger charge is -2.21. The Bertz CT molecular complexity index is 580. The summed E-state index contributed by atoms with van der Waals surface area (Å²) in [7, 11) is 0. The number of phenols is 1. The molecular formula is C21H26O. The Morgan fingerprint density at radius 2 is 1.45 bits per heavy atom. The van der Waals surface area contributed by atoms with Crippen molar-refractivity contribution < 1.29 is 5.11 Å². The fourth-order valence-corrected chi connectivity index (χ4v) is 3.64. The summed E-state index contributed by atoms with van der Waals surface area (Å²) in [6, 6.07) is 16.8. The molecule has 22 heavy (non-hydrogen) atoms. The lowest BCUT2D eigenvalue weighted by Crippen LogP contribution is -2.03. The summed E-state index contributed by atoms with van der Waals surface area (Å²) < 4.78 is 0. The topological polar surface area (TPSA) is 20.2 Å². The first-order chi connectivity index (χ1) is 10.8. The van der Waals surface area contributed by atoms with Gasteiger partial charge in [0.2, 0.25) is 0 Å². The van der Waals surface area contributed by atoms with E-state index in [4.69, 9.17) is 0 Å². The third-order valence-corrected chi connectivity index (χ3v) is 4.89. The van der Waals surface area contributed by atoms with Gasteiger partial charge in [-0.25, -0.2) is 0 Å². The first-order valence-corrected chi connectivity index (χ1v) is 8.68. The molecule has 0 aliphatic heterocycles. The molecule has 3 rings (SSSR count). The van der Waals surface area contributed by atoms with Crippen molar-refractivity contribution in [2.75, 3.05) is 0 Å². The average Bonchev–Trinajstić information content (AvgIpc) is 2.50. The molecule has 2 aromatic carbocycles. The quantitative estimate of drug-likeness (QED) is 0.757. The van der Waals surface area contributed by atoms with Crippen molar-refractivity contribution in [1.29, 1.82) is 0 Å². The largest absolute Gasteiger partial charge is 0.508 e. The van der Waals surface area contributed by atoms with E-state index < -0.39 is 0 Å². The predicted molar refractivity (Wildman–Crippen MR) is 92.4 cm³/mol. The highest BCUT2D eigenvalue weighted by Gasteiger charge is 2.17. The summed E-state index contributed by atoms with van der Waals surface area (Å²) in [4.78, 5) is 0. The zero-order valence-electron chi connectivity index (χ0n) is 13.3. The number of rotatable bonds is 3. The van der Waals surface area contributed by atoms with Gasteiger partial charge in [-0.1, -0.05) is 74.6 Å². The Hall–Kier alpha value is -1.76. The van der Waals surface area contributed by atoms with E-state index in [2.05, 4.69) is 42.5 Å². The van der Waals surface area contributed by atoms with Gasteiger partial charge in [0.05, 0.1) is 0 Å². The highest BCUT2D eigenvalue weighted by atomic mass is 16.3. The smallest absolute Gasteiger partial charge is 0.119 e. The SMILES string of the molecule is Oc1ccc(Cc2ccccc2)cc1C1CCCCCCC1. The molecule has 1 nitrogen and oxygen atoms in total. The van der Waals surface area contributed by atoms with Crippen LogP contribution >= 0.6 is 0 Å². The minimum atomic E-state index is 0.488. The molecule has 1 N–H and O–H groups in total. The molecule has 1 saturated carbocycles. The van der Waals surface area contributed by atoms with Gasteiger partial charge < -0.3 is 5.11 Å². The maximum absolute atomic E-state index is 10.3. The van der Waals surface area contributed by atoms with Crippen molar-refractivity contribution >= 4 is 0 Å². The van der Waals surface area contributed by atoms with Crippen LogP contribution in [0, 0.1) is 0 Å². The predicted octanol–water partition coefficient (Wildman–Crippen LogP) is 5.81. The van der Waals surface area contributed by atoms with Crippen LogP contribution in [0.1, 0.15) is 67.6 Å². The maximum atomic E-state index is 10.3. The zero-order chi connectivity index (χ0) is 15.2. The van der Waals surface area contributed by atoms with Crippen LogP contribution in [-0.2, 0) is 6.42 Å². The molecule has 0 radical (unpaired) electrons. The second-order valence-corrected chi connectivity index (χ2v) is 6.60. The number of hydrogen-bond donors (Lipinski definition) is 1. The van der Waals surface area contributed by atoms with Gasteiger partial charge in [-0.2, -0.15) is 0 Å². The van der Waals surface area contributed by atoms with Crippen molar-refractivity contribution in [2.24, 2.45) is 0 Å². The van der Waals surface area contributed by atoms with E-state index >= 15 is 0 Å². The fraction of sp³-hybridized carbons (Fsp3) is 0.429. The van der Waals surface area contributed by atoms with Gasteiger partial charge in [0.25, 0.3) is 0 Å². The number of phenolic OH excluding ortho intramolecular Hbond substituents is 1. The van der Waals surface area contributed by atoms with Gasteiger partial charge >= 0.3 is 0 Å². The summed E-state index contributed by atoms with van der Waals surface area (Å²) >= 11 is 0. The van der Waals surface area contributed by atoms with Crippen LogP contribution in [0.4, 0.5) is 0 Å². The zero-order valence-corrected chi connectivity index (χ0v) is 13.3. The van der Waals surface area contributed by atoms with Gasteiger partial charge in [-0.05, 0) is 47.9 Å². The molecule has 2 aromatic rings. The minimum absolute atomic E-state index is 0.488. The minimum Gasteiger partial charge on any atom is -0.508 e. The van der Waals surface area contributed by atoms with E-state index in [1.54, 1.807) is 0 Å². The van der Waals surface area contributed by atoms with Gasteiger partial charge in [0, 0.05) is 0 Å². The van der Waals surface area contributed by atoms with E-state index in [-0.39, 0.29) is 0 Å². The second-order valence-electron chi connectivity index (χ2n) is 6.60. The van der Waals surface area contributed by atoms with E-state index in [9.17, 15) is 5.11 Å². The molecule has 0 unspecified atom stereocenters. The normalized spacial score (nSPS) is 16.9. The van der Waals surface area contributed by atoms with Crippen molar-refractivity contribution in [3.63, 3.8) is 0 Å². The fourth-order valence-electron chi connectivity index (χ4n) is 3.64. The Labute approximate surface area is 134 Å². The van der Waals surface area contributed by atoms with Crippen LogP contribution in [0.15, 0.2) is 48.5 Å². The molecule has 1 aliphatic carbocycles. The summed E-state index contributed by atoms with van der Waals surface area (Å²) in [5, 5.41) is 10.3. The molecule has 116 valence electrons. The van der Waals surface area contributed by atoms with Gasteiger partial charge in [-0.3, -0.25) is 0 Å². The first kappa shape index (κ1) is 15.1. The van der Waals surface area contributed by atoms with Crippen molar-refractivity contribution in [2.45, 2.75) is 57.3 Å². The van der Waals surface area contributed by atoms with Gasteiger partial charge in [0.15, 0.2) is 0 Å². The Kier molecular flexibility index (Phi) is 5.15. The Balaban J connectivity index is 1.79. The molecule has 0 heterocycles. The number of aromatic hydroxyl groups is 1. The highest BCUT2D eigenvalue weighted by molar-refractivity contribution is 5.40. The van der Waals surface area contributed by atoms with Crippen LogP contribution in [-0.4, -0.2) is 5.11 Å².